The van der Waals surface area contributed by atoms with Crippen LogP contribution in [0.5, 0.6) is 5.75 Å². The summed E-state index contributed by atoms with van der Waals surface area (Å²) in [5, 5.41) is 22.0. The Bertz CT molecular complexity index is 672. The number of rotatable bonds is 1. The highest BCUT2D eigenvalue weighted by Gasteiger charge is 2.45. The molecule has 0 radical (unpaired) electrons. The SMILES string of the molecule is Nc1c(O)ccc2c1C(O)N(C1CCC(=O)NC1=O)C2=O. The van der Waals surface area contributed by atoms with Crippen LogP contribution in [0.3, 0.4) is 0 Å². The number of nitrogens with two attached hydrogens (primary N) is 1. The van der Waals surface area contributed by atoms with E-state index in [1.165, 1.54) is 12.1 Å². The summed E-state index contributed by atoms with van der Waals surface area (Å²) in [6, 6.07) is 1.66. The van der Waals surface area contributed by atoms with Crippen molar-refractivity contribution in [1.29, 1.82) is 0 Å². The van der Waals surface area contributed by atoms with E-state index in [1.54, 1.807) is 0 Å². The lowest BCUT2D eigenvalue weighted by Gasteiger charge is -2.32. The second-order valence-corrected chi connectivity index (χ2v) is 5.01. The third-order valence-electron chi connectivity index (χ3n) is 3.80. The van der Waals surface area contributed by atoms with Crippen molar-refractivity contribution >= 4 is 23.4 Å². The number of fused-ring (bicyclic) bond motifs is 1. The van der Waals surface area contributed by atoms with Gasteiger partial charge in [0.1, 0.15) is 11.8 Å². The van der Waals surface area contributed by atoms with E-state index >= 15 is 0 Å². The van der Waals surface area contributed by atoms with E-state index in [0.29, 0.717) is 0 Å². The summed E-state index contributed by atoms with van der Waals surface area (Å²) in [6.45, 7) is 0. The zero-order valence-electron chi connectivity index (χ0n) is 10.9. The molecule has 1 aromatic rings. The van der Waals surface area contributed by atoms with Crippen molar-refractivity contribution in [3.8, 4) is 5.75 Å². The normalized spacial score (nSPS) is 25.0. The molecule has 2 atom stereocenters. The number of nitrogen functional groups attached to an aromatic ring is 1. The molecule has 8 nitrogen and oxygen atoms in total. The van der Waals surface area contributed by atoms with E-state index in [9.17, 15) is 24.6 Å². The minimum atomic E-state index is -1.43. The fourth-order valence-electron chi connectivity index (χ4n) is 2.74. The van der Waals surface area contributed by atoms with Crippen molar-refractivity contribution in [2.24, 2.45) is 0 Å². The standard InChI is InChI=1S/C13H13N3O5/c14-10-7(17)3-1-5-9(10)13(21)16(12(5)20)6-2-4-8(18)15-11(6)19/h1,3,6,13,17,21H,2,4,14H2,(H,15,18,19). The quantitative estimate of drug-likeness (QED) is 0.305. The Hall–Kier alpha value is -2.61. The molecule has 2 aliphatic heterocycles. The van der Waals surface area contributed by atoms with Crippen LogP contribution in [0.1, 0.15) is 35.0 Å². The van der Waals surface area contributed by atoms with E-state index < -0.39 is 30.0 Å². The van der Waals surface area contributed by atoms with Gasteiger partial charge in [-0.05, 0) is 18.6 Å². The van der Waals surface area contributed by atoms with E-state index in [4.69, 9.17) is 5.73 Å². The zero-order chi connectivity index (χ0) is 15.3. The third-order valence-corrected chi connectivity index (χ3v) is 3.80. The molecule has 0 aromatic heterocycles. The van der Waals surface area contributed by atoms with Crippen LogP contribution in [-0.2, 0) is 9.59 Å². The third kappa shape index (κ3) is 1.83. The largest absolute Gasteiger partial charge is 0.506 e. The van der Waals surface area contributed by atoms with Crippen molar-refractivity contribution < 1.29 is 24.6 Å². The van der Waals surface area contributed by atoms with Crippen LogP contribution in [0.2, 0.25) is 0 Å². The maximum Gasteiger partial charge on any atom is 0.257 e. The molecular weight excluding hydrogens is 278 g/mol. The Morgan fingerprint density at radius 2 is 2.00 bits per heavy atom. The summed E-state index contributed by atoms with van der Waals surface area (Å²) in [4.78, 5) is 36.4. The predicted molar refractivity (Wildman–Crippen MR) is 69.8 cm³/mol. The molecule has 0 spiro atoms. The Kier molecular flexibility index (Phi) is 2.84. The summed E-state index contributed by atoms with van der Waals surface area (Å²) in [5.41, 5.74) is 5.83. The number of piperidine rings is 1. The Balaban J connectivity index is 2.00. The average molecular weight is 291 g/mol. The average Bonchev–Trinajstić information content (AvgIpc) is 2.67. The minimum absolute atomic E-state index is 0.0873. The van der Waals surface area contributed by atoms with Gasteiger partial charge >= 0.3 is 0 Å². The number of phenols is 1. The van der Waals surface area contributed by atoms with Gasteiger partial charge in [-0.25, -0.2) is 0 Å². The van der Waals surface area contributed by atoms with Gasteiger partial charge in [0.15, 0.2) is 6.23 Å². The Morgan fingerprint density at radius 1 is 1.29 bits per heavy atom. The monoisotopic (exact) mass is 291 g/mol. The molecule has 3 rings (SSSR count). The van der Waals surface area contributed by atoms with Crippen molar-refractivity contribution in [1.82, 2.24) is 10.2 Å². The van der Waals surface area contributed by atoms with Crippen molar-refractivity contribution in [3.63, 3.8) is 0 Å². The molecule has 2 aliphatic rings. The van der Waals surface area contributed by atoms with Gasteiger partial charge in [0.25, 0.3) is 5.91 Å². The molecule has 2 heterocycles. The number of nitrogens with zero attached hydrogens (tertiary/aromatic N) is 1. The second-order valence-electron chi connectivity index (χ2n) is 5.01. The molecular formula is C13H13N3O5. The van der Waals surface area contributed by atoms with Crippen molar-refractivity contribution in [3.05, 3.63) is 23.3 Å². The maximum absolute atomic E-state index is 12.4. The molecule has 110 valence electrons. The highest BCUT2D eigenvalue weighted by Crippen LogP contribution is 2.41. The summed E-state index contributed by atoms with van der Waals surface area (Å²) in [5.74, 6) is -1.84. The molecule has 0 aliphatic carbocycles. The first-order valence-corrected chi connectivity index (χ1v) is 6.37. The van der Waals surface area contributed by atoms with Crippen LogP contribution in [0, 0.1) is 0 Å². The molecule has 1 aromatic carbocycles. The van der Waals surface area contributed by atoms with Gasteiger partial charge in [-0.1, -0.05) is 0 Å². The highest BCUT2D eigenvalue weighted by molar-refractivity contribution is 6.06. The Labute approximate surface area is 119 Å². The number of anilines is 1. The number of aliphatic hydroxyl groups excluding tert-OH is 1. The lowest BCUT2D eigenvalue weighted by Crippen LogP contribution is -2.53. The predicted octanol–water partition coefficient (Wildman–Crippen LogP) is -0.774. The van der Waals surface area contributed by atoms with Crippen LogP contribution in [-0.4, -0.2) is 38.9 Å². The van der Waals surface area contributed by atoms with Crippen molar-refractivity contribution in [2.45, 2.75) is 25.1 Å². The van der Waals surface area contributed by atoms with Gasteiger partial charge in [0, 0.05) is 17.5 Å². The van der Waals surface area contributed by atoms with Gasteiger partial charge in [-0.3, -0.25) is 24.6 Å². The number of phenolic OH excluding ortho intramolecular Hbond substituents is 1. The van der Waals surface area contributed by atoms with E-state index in [-0.39, 0.29) is 35.4 Å². The van der Waals surface area contributed by atoms with Crippen LogP contribution < -0.4 is 11.1 Å². The van der Waals surface area contributed by atoms with Crippen LogP contribution in [0.25, 0.3) is 0 Å². The first-order chi connectivity index (χ1) is 9.91. The lowest BCUT2D eigenvalue weighted by atomic mass is 10.0. The number of carbonyl (C=O) groups excluding carboxylic acids is 3. The molecule has 3 amide bonds. The first-order valence-electron chi connectivity index (χ1n) is 6.37. The molecule has 0 saturated carbocycles. The van der Waals surface area contributed by atoms with Gasteiger partial charge in [0.2, 0.25) is 11.8 Å². The van der Waals surface area contributed by atoms with E-state index in [1.807, 2.05) is 0 Å². The number of hydrogen-bond donors (Lipinski definition) is 4. The number of aliphatic hydroxyl groups is 1. The van der Waals surface area contributed by atoms with Gasteiger partial charge in [-0.15, -0.1) is 0 Å². The zero-order valence-corrected chi connectivity index (χ0v) is 10.9. The molecule has 5 N–H and O–H groups in total. The van der Waals surface area contributed by atoms with Crippen LogP contribution >= 0.6 is 0 Å². The summed E-state index contributed by atoms with van der Waals surface area (Å²) in [6.07, 6.45) is -1.21. The second kappa shape index (κ2) is 4.45. The van der Waals surface area contributed by atoms with Gasteiger partial charge in [-0.2, -0.15) is 0 Å². The van der Waals surface area contributed by atoms with Gasteiger partial charge in [0.05, 0.1) is 5.69 Å². The van der Waals surface area contributed by atoms with Gasteiger partial charge < -0.3 is 15.9 Å². The number of nitrogens with one attached hydrogen (secondary N) is 1. The number of aromatic hydroxyl groups is 1. The topological polar surface area (TPSA) is 133 Å². The van der Waals surface area contributed by atoms with E-state index in [2.05, 4.69) is 5.32 Å². The number of hydrogen-bond acceptors (Lipinski definition) is 6. The number of amides is 3. The fourth-order valence-corrected chi connectivity index (χ4v) is 2.74. The number of benzene rings is 1. The molecule has 1 fully saturated rings. The minimum Gasteiger partial charge on any atom is -0.506 e. The molecule has 2 unspecified atom stereocenters. The lowest BCUT2D eigenvalue weighted by molar-refractivity contribution is -0.139. The summed E-state index contributed by atoms with van der Waals surface area (Å²) < 4.78 is 0. The molecule has 1 saturated heterocycles. The highest BCUT2D eigenvalue weighted by atomic mass is 16.3. The number of carbonyl (C=O) groups is 3. The summed E-state index contributed by atoms with van der Waals surface area (Å²) in [7, 11) is 0. The summed E-state index contributed by atoms with van der Waals surface area (Å²) >= 11 is 0. The molecule has 8 heteroatoms. The van der Waals surface area contributed by atoms with Crippen LogP contribution in [0.4, 0.5) is 5.69 Å². The van der Waals surface area contributed by atoms with Crippen LogP contribution in [0.15, 0.2) is 12.1 Å². The number of imide groups is 1. The molecule has 21 heavy (non-hydrogen) atoms. The Morgan fingerprint density at radius 3 is 2.67 bits per heavy atom. The molecule has 0 bridgehead atoms. The van der Waals surface area contributed by atoms with Crippen molar-refractivity contribution in [2.75, 3.05) is 5.73 Å². The fraction of sp³-hybridized carbons (Fsp3) is 0.308. The maximum atomic E-state index is 12.4. The first kappa shape index (κ1) is 13.4. The smallest absolute Gasteiger partial charge is 0.257 e. The van der Waals surface area contributed by atoms with E-state index in [0.717, 1.165) is 4.90 Å².